The fraction of sp³-hybridized carbons (Fsp3) is 0.0769. The number of diazo groups is 1. The predicted molar refractivity (Wildman–Crippen MR) is 67.1 cm³/mol. The molecule has 0 aliphatic heterocycles. The van der Waals surface area contributed by atoms with E-state index in [1.807, 2.05) is 30.3 Å². The second-order valence-electron chi connectivity index (χ2n) is 3.84. The van der Waals surface area contributed by atoms with Crippen molar-refractivity contribution in [2.75, 3.05) is 7.11 Å². The van der Waals surface area contributed by atoms with Crippen molar-refractivity contribution < 1.29 is 17.1 Å². The van der Waals surface area contributed by atoms with Gasteiger partial charge in [-0.25, -0.2) is 0 Å². The molecular weight excluding hydrogens is 250 g/mol. The lowest BCUT2D eigenvalue weighted by Crippen LogP contribution is -3.00. The highest BCUT2D eigenvalue weighted by atomic mass is 35.5. The Morgan fingerprint density at radius 2 is 1.94 bits per heavy atom. The monoisotopic (exact) mass is 259 g/mol. The topological polar surface area (TPSA) is 53.2 Å². The normalized spacial score (nSPS) is 10.0. The van der Waals surface area contributed by atoms with Crippen LogP contribution < -0.4 is 17.1 Å². The summed E-state index contributed by atoms with van der Waals surface area (Å²) in [6, 6.07) is 11.5. The van der Waals surface area contributed by atoms with E-state index in [9.17, 15) is 0 Å². The van der Waals surface area contributed by atoms with Crippen molar-refractivity contribution in [1.82, 2.24) is 4.98 Å². The molecule has 90 valence electrons. The van der Waals surface area contributed by atoms with Gasteiger partial charge in [0.15, 0.2) is 10.7 Å². The molecule has 1 heterocycles. The van der Waals surface area contributed by atoms with E-state index in [1.165, 1.54) is 0 Å². The molecule has 5 heteroatoms. The predicted octanol–water partition coefficient (Wildman–Crippen LogP) is 0.818. The molecule has 0 fully saturated rings. The summed E-state index contributed by atoms with van der Waals surface area (Å²) in [4.78, 5) is 6.52. The van der Waals surface area contributed by atoms with Gasteiger partial charge in [0.25, 0.3) is 0 Å². The SMILES string of the molecule is COc1cc([N+]#N)cc2c1[nH]c1ccccc12.[Cl-]. The Morgan fingerprint density at radius 1 is 1.17 bits per heavy atom. The molecule has 0 aliphatic carbocycles. The standard InChI is InChI=1S/C13H10N3O.ClH/c1-17-12-7-8(16-14)6-10-9-4-2-3-5-11(9)15-13(10)12;/h2-7,15H,1H3;1H/q+1;/p-1. The highest BCUT2D eigenvalue weighted by Crippen LogP contribution is 2.35. The van der Waals surface area contributed by atoms with Crippen LogP contribution in [0.5, 0.6) is 5.75 Å². The summed E-state index contributed by atoms with van der Waals surface area (Å²) in [6.07, 6.45) is 0. The first-order chi connectivity index (χ1) is 8.33. The van der Waals surface area contributed by atoms with Gasteiger partial charge in [-0.2, -0.15) is 0 Å². The van der Waals surface area contributed by atoms with Crippen LogP contribution in [0.3, 0.4) is 0 Å². The zero-order chi connectivity index (χ0) is 11.8. The molecule has 0 saturated carbocycles. The van der Waals surface area contributed by atoms with E-state index in [1.54, 1.807) is 13.2 Å². The summed E-state index contributed by atoms with van der Waals surface area (Å²) in [7, 11) is 1.60. The molecule has 3 rings (SSSR count). The number of methoxy groups -OCH3 is 1. The third kappa shape index (κ3) is 1.66. The van der Waals surface area contributed by atoms with Crippen LogP contribution in [0, 0.1) is 5.39 Å². The molecule has 0 bridgehead atoms. The second-order valence-corrected chi connectivity index (χ2v) is 3.84. The molecule has 3 aromatic rings. The van der Waals surface area contributed by atoms with Gasteiger partial charge < -0.3 is 22.1 Å². The number of aromatic amines is 1. The molecular formula is C13H10ClN3O. The zero-order valence-electron chi connectivity index (χ0n) is 9.64. The summed E-state index contributed by atoms with van der Waals surface area (Å²) < 4.78 is 5.30. The summed E-state index contributed by atoms with van der Waals surface area (Å²) in [6.45, 7) is 0. The van der Waals surface area contributed by atoms with Gasteiger partial charge in [-0.3, -0.25) is 0 Å². The number of para-hydroxylation sites is 1. The van der Waals surface area contributed by atoms with Crippen LogP contribution in [0.2, 0.25) is 0 Å². The smallest absolute Gasteiger partial charge is 0.389 e. The van der Waals surface area contributed by atoms with E-state index in [0.29, 0.717) is 11.4 Å². The summed E-state index contributed by atoms with van der Waals surface area (Å²) in [5.41, 5.74) is 2.44. The van der Waals surface area contributed by atoms with Gasteiger partial charge in [-0.05, 0) is 6.07 Å². The minimum absolute atomic E-state index is 0. The van der Waals surface area contributed by atoms with E-state index in [4.69, 9.17) is 10.1 Å². The van der Waals surface area contributed by atoms with E-state index < -0.39 is 0 Å². The van der Waals surface area contributed by atoms with Crippen LogP contribution in [0.15, 0.2) is 36.4 Å². The van der Waals surface area contributed by atoms with E-state index in [0.717, 1.165) is 21.8 Å². The Labute approximate surface area is 110 Å². The number of aromatic nitrogens is 1. The number of ether oxygens (including phenoxy) is 1. The first kappa shape index (κ1) is 12.2. The van der Waals surface area contributed by atoms with Crippen LogP contribution in [-0.4, -0.2) is 12.1 Å². The van der Waals surface area contributed by atoms with Crippen molar-refractivity contribution in [3.8, 4) is 5.75 Å². The van der Waals surface area contributed by atoms with Gasteiger partial charge in [-0.15, -0.1) is 0 Å². The van der Waals surface area contributed by atoms with Crippen molar-refractivity contribution in [3.05, 3.63) is 41.4 Å². The van der Waals surface area contributed by atoms with Gasteiger partial charge in [0.1, 0.15) is 0 Å². The molecule has 0 radical (unpaired) electrons. The first-order valence-corrected chi connectivity index (χ1v) is 5.27. The molecule has 18 heavy (non-hydrogen) atoms. The third-order valence-electron chi connectivity index (χ3n) is 2.90. The fourth-order valence-electron chi connectivity index (χ4n) is 2.12. The van der Waals surface area contributed by atoms with Crippen LogP contribution in [0.25, 0.3) is 26.8 Å². The summed E-state index contributed by atoms with van der Waals surface area (Å²) in [5.74, 6) is 0.673. The Balaban J connectivity index is 0.00000120. The lowest BCUT2D eigenvalue weighted by molar-refractivity contribution is -0.00000388. The van der Waals surface area contributed by atoms with E-state index >= 15 is 0 Å². The Bertz CT molecular complexity index is 758. The fourth-order valence-corrected chi connectivity index (χ4v) is 2.12. The quantitative estimate of drug-likeness (QED) is 0.658. The Hall–Kier alpha value is -2.25. The molecule has 0 spiro atoms. The number of hydrogen-bond donors (Lipinski definition) is 1. The first-order valence-electron chi connectivity index (χ1n) is 5.27. The van der Waals surface area contributed by atoms with Gasteiger partial charge >= 0.3 is 5.69 Å². The molecule has 1 N–H and O–H groups in total. The minimum atomic E-state index is 0. The molecule has 0 amide bonds. The highest BCUT2D eigenvalue weighted by molar-refractivity contribution is 6.10. The van der Waals surface area contributed by atoms with Crippen molar-refractivity contribution in [3.63, 3.8) is 0 Å². The third-order valence-corrected chi connectivity index (χ3v) is 2.90. The van der Waals surface area contributed by atoms with E-state index in [2.05, 4.69) is 9.96 Å². The number of hydrogen-bond acceptors (Lipinski definition) is 2. The van der Waals surface area contributed by atoms with Crippen LogP contribution in [0.1, 0.15) is 0 Å². The van der Waals surface area contributed by atoms with Crippen molar-refractivity contribution in [1.29, 1.82) is 5.39 Å². The number of benzene rings is 2. The van der Waals surface area contributed by atoms with Crippen molar-refractivity contribution in [2.45, 2.75) is 0 Å². The molecule has 0 unspecified atom stereocenters. The van der Waals surface area contributed by atoms with Gasteiger partial charge in [0.05, 0.1) is 18.7 Å². The number of H-pyrrole nitrogens is 1. The molecule has 2 aromatic carbocycles. The average molecular weight is 260 g/mol. The molecule has 0 aliphatic rings. The Kier molecular flexibility index (Phi) is 3.09. The average Bonchev–Trinajstić information content (AvgIpc) is 2.76. The second kappa shape index (κ2) is 4.55. The number of nitrogens with one attached hydrogen (secondary N) is 1. The van der Waals surface area contributed by atoms with E-state index in [-0.39, 0.29) is 12.4 Å². The maximum Gasteiger partial charge on any atom is 0.389 e. The van der Waals surface area contributed by atoms with Crippen LogP contribution in [0.4, 0.5) is 5.69 Å². The number of fused-ring (bicyclic) bond motifs is 3. The largest absolute Gasteiger partial charge is 1.00 e. The zero-order valence-corrected chi connectivity index (χ0v) is 10.4. The molecule has 0 saturated heterocycles. The maximum atomic E-state index is 8.89. The maximum absolute atomic E-state index is 8.89. The number of nitrogens with zero attached hydrogens (tertiary/aromatic N) is 2. The van der Waals surface area contributed by atoms with Gasteiger partial charge in [0.2, 0.25) is 5.39 Å². The highest BCUT2D eigenvalue weighted by Gasteiger charge is 2.15. The minimum Gasteiger partial charge on any atom is -1.00 e. The van der Waals surface area contributed by atoms with Crippen LogP contribution >= 0.6 is 0 Å². The van der Waals surface area contributed by atoms with Gasteiger partial charge in [-0.1, -0.05) is 18.2 Å². The molecule has 1 aromatic heterocycles. The molecule has 0 atom stereocenters. The lowest BCUT2D eigenvalue weighted by Gasteiger charge is -1.98. The Morgan fingerprint density at radius 3 is 2.67 bits per heavy atom. The van der Waals surface area contributed by atoms with Crippen molar-refractivity contribution >= 4 is 27.5 Å². The lowest BCUT2D eigenvalue weighted by atomic mass is 10.1. The van der Waals surface area contributed by atoms with Crippen LogP contribution in [-0.2, 0) is 0 Å². The van der Waals surface area contributed by atoms with Crippen molar-refractivity contribution in [2.24, 2.45) is 0 Å². The number of rotatable bonds is 1. The summed E-state index contributed by atoms with van der Waals surface area (Å²) >= 11 is 0. The molecule has 4 nitrogen and oxygen atoms in total. The number of halogens is 1. The summed E-state index contributed by atoms with van der Waals surface area (Å²) in [5, 5.41) is 11.0. The van der Waals surface area contributed by atoms with Gasteiger partial charge in [0, 0.05) is 22.4 Å².